The molecule has 0 fully saturated rings. The highest BCUT2D eigenvalue weighted by atomic mass is 32.2. The smallest absolute Gasteiger partial charge is 0.417 e. The molecule has 2 aromatic carbocycles. The van der Waals surface area contributed by atoms with E-state index in [-0.39, 0.29) is 18.2 Å². The van der Waals surface area contributed by atoms with Crippen LogP contribution < -0.4 is 15.4 Å². The van der Waals surface area contributed by atoms with Crippen LogP contribution in [0.25, 0.3) is 0 Å². The van der Waals surface area contributed by atoms with Gasteiger partial charge in [-0.1, -0.05) is 30.3 Å². The summed E-state index contributed by atoms with van der Waals surface area (Å²) in [6.07, 6.45) is -2.17. The number of hydrogen-bond acceptors (Lipinski definition) is 7. The summed E-state index contributed by atoms with van der Waals surface area (Å²) in [5.74, 6) is -0.287. The van der Waals surface area contributed by atoms with Gasteiger partial charge < -0.3 is 15.0 Å². The van der Waals surface area contributed by atoms with E-state index in [0.717, 1.165) is 42.2 Å². The standard InChI is InChI=1S/C24H27F3N4O4S/c1-31(15-17-5-7-18(8-6-17)23-29-12-13-30-23)22(32)4-3-11-28-16-36(33,34)21-10-9-19(35-2)14-20(21)24(25,26)27/h3-10,14,28H,11-13,15-16H2,1-2H3,(H,29,30)/b4-3+. The van der Waals surface area contributed by atoms with Crippen molar-refractivity contribution in [3.05, 3.63) is 71.3 Å². The van der Waals surface area contributed by atoms with Gasteiger partial charge in [0, 0.05) is 38.3 Å². The number of nitrogens with one attached hydrogen (secondary N) is 2. The molecule has 0 saturated heterocycles. The maximum atomic E-state index is 13.3. The lowest BCUT2D eigenvalue weighted by Gasteiger charge is -2.16. The molecule has 8 nitrogen and oxygen atoms in total. The summed E-state index contributed by atoms with van der Waals surface area (Å²) >= 11 is 0. The molecular weight excluding hydrogens is 497 g/mol. The average Bonchev–Trinajstić information content (AvgIpc) is 3.38. The minimum absolute atomic E-state index is 0.0277. The van der Waals surface area contributed by atoms with Crippen LogP contribution in [0, 0.1) is 0 Å². The number of alkyl halides is 3. The van der Waals surface area contributed by atoms with Crippen LogP contribution in [-0.2, 0) is 27.4 Å². The van der Waals surface area contributed by atoms with Gasteiger partial charge in [0.2, 0.25) is 5.91 Å². The average molecular weight is 525 g/mol. The van der Waals surface area contributed by atoms with Gasteiger partial charge in [-0.05, 0) is 23.8 Å². The quantitative estimate of drug-likeness (QED) is 0.366. The number of sulfone groups is 1. The molecule has 0 spiro atoms. The maximum Gasteiger partial charge on any atom is 0.417 e. The minimum Gasteiger partial charge on any atom is -0.497 e. The maximum absolute atomic E-state index is 13.3. The Morgan fingerprint density at radius 3 is 2.56 bits per heavy atom. The number of hydrogen-bond donors (Lipinski definition) is 2. The van der Waals surface area contributed by atoms with Crippen molar-refractivity contribution in [1.82, 2.24) is 15.5 Å². The van der Waals surface area contributed by atoms with E-state index in [2.05, 4.69) is 15.6 Å². The third-order valence-corrected chi connectivity index (χ3v) is 6.95. The van der Waals surface area contributed by atoms with Gasteiger partial charge in [0.05, 0.1) is 24.1 Å². The number of amidine groups is 1. The molecule has 0 atom stereocenters. The van der Waals surface area contributed by atoms with E-state index < -0.39 is 32.3 Å². The normalized spacial score (nSPS) is 14.0. The van der Waals surface area contributed by atoms with Crippen molar-refractivity contribution in [2.45, 2.75) is 17.6 Å². The van der Waals surface area contributed by atoms with Crippen molar-refractivity contribution >= 4 is 21.6 Å². The molecule has 1 aliphatic rings. The van der Waals surface area contributed by atoms with E-state index in [1.165, 1.54) is 24.2 Å². The fourth-order valence-corrected chi connectivity index (χ4v) is 4.81. The van der Waals surface area contributed by atoms with E-state index in [4.69, 9.17) is 4.74 Å². The molecule has 0 aliphatic carbocycles. The third kappa shape index (κ3) is 7.08. The molecule has 2 N–H and O–H groups in total. The number of carbonyl (C=O) groups excluding carboxylic acids is 1. The highest BCUT2D eigenvalue weighted by Gasteiger charge is 2.37. The fourth-order valence-electron chi connectivity index (χ4n) is 3.48. The Bertz CT molecular complexity index is 1240. The molecule has 1 amide bonds. The Labute approximate surface area is 207 Å². The fraction of sp³-hybridized carbons (Fsp3) is 0.333. The Morgan fingerprint density at radius 2 is 1.94 bits per heavy atom. The third-order valence-electron chi connectivity index (χ3n) is 5.34. The molecule has 36 heavy (non-hydrogen) atoms. The highest BCUT2D eigenvalue weighted by Crippen LogP contribution is 2.36. The van der Waals surface area contributed by atoms with Crippen molar-refractivity contribution in [3.8, 4) is 5.75 Å². The lowest BCUT2D eigenvalue weighted by atomic mass is 10.1. The lowest BCUT2D eigenvalue weighted by molar-refractivity contribution is -0.140. The first kappa shape index (κ1) is 27.2. The van der Waals surface area contributed by atoms with Gasteiger partial charge in [-0.15, -0.1) is 0 Å². The monoisotopic (exact) mass is 524 g/mol. The van der Waals surface area contributed by atoms with Crippen LogP contribution in [0.2, 0.25) is 0 Å². The second-order valence-corrected chi connectivity index (χ2v) is 9.98. The molecule has 1 aliphatic heterocycles. The summed E-state index contributed by atoms with van der Waals surface area (Å²) in [4.78, 5) is 17.4. The van der Waals surface area contributed by atoms with Crippen molar-refractivity contribution in [3.63, 3.8) is 0 Å². The summed E-state index contributed by atoms with van der Waals surface area (Å²) in [5.41, 5.74) is 0.602. The predicted octanol–water partition coefficient (Wildman–Crippen LogP) is 2.60. The number of halogens is 3. The number of amides is 1. The van der Waals surface area contributed by atoms with Crippen LogP contribution in [0.3, 0.4) is 0 Å². The molecule has 0 unspecified atom stereocenters. The number of likely N-dealkylation sites (N-methyl/N-ethyl adjacent to an activating group) is 1. The Kier molecular flexibility index (Phi) is 8.75. The molecular formula is C24H27F3N4O4S. The van der Waals surface area contributed by atoms with Gasteiger partial charge >= 0.3 is 6.18 Å². The summed E-state index contributed by atoms with van der Waals surface area (Å²) in [6.45, 7) is 1.90. The SMILES string of the molecule is COc1ccc(S(=O)(=O)CNC/C=C/C(=O)N(C)Cc2ccc(C3=NCCN3)cc2)c(C(F)(F)F)c1. The van der Waals surface area contributed by atoms with Gasteiger partial charge in [0.15, 0.2) is 9.84 Å². The van der Waals surface area contributed by atoms with E-state index in [9.17, 15) is 26.4 Å². The largest absolute Gasteiger partial charge is 0.497 e. The number of ether oxygens (including phenoxy) is 1. The van der Waals surface area contributed by atoms with Crippen LogP contribution in [0.4, 0.5) is 13.2 Å². The molecule has 12 heteroatoms. The van der Waals surface area contributed by atoms with Gasteiger partial charge in [-0.3, -0.25) is 15.1 Å². The molecule has 1 heterocycles. The van der Waals surface area contributed by atoms with E-state index in [0.29, 0.717) is 12.6 Å². The Balaban J connectivity index is 1.51. The second kappa shape index (κ2) is 11.6. The topological polar surface area (TPSA) is 100 Å². The summed E-state index contributed by atoms with van der Waals surface area (Å²) in [7, 11) is -1.48. The van der Waals surface area contributed by atoms with Crippen molar-refractivity contribution in [2.24, 2.45) is 4.99 Å². The van der Waals surface area contributed by atoms with Crippen LogP contribution in [0.5, 0.6) is 5.75 Å². The molecule has 2 aromatic rings. The molecule has 0 radical (unpaired) electrons. The van der Waals surface area contributed by atoms with E-state index in [1.54, 1.807) is 7.05 Å². The number of carbonyl (C=O) groups is 1. The Morgan fingerprint density at radius 1 is 1.22 bits per heavy atom. The first-order valence-corrected chi connectivity index (χ1v) is 12.6. The summed E-state index contributed by atoms with van der Waals surface area (Å²) in [5, 5.41) is 5.74. The molecule has 3 rings (SSSR count). The van der Waals surface area contributed by atoms with Gasteiger partial charge in [0.25, 0.3) is 0 Å². The van der Waals surface area contributed by atoms with Crippen LogP contribution >= 0.6 is 0 Å². The van der Waals surface area contributed by atoms with E-state index >= 15 is 0 Å². The van der Waals surface area contributed by atoms with Gasteiger partial charge in [-0.25, -0.2) is 8.42 Å². The minimum atomic E-state index is -4.87. The molecule has 194 valence electrons. The zero-order chi connectivity index (χ0) is 26.3. The van der Waals surface area contributed by atoms with Crippen LogP contribution in [0.1, 0.15) is 16.7 Å². The lowest BCUT2D eigenvalue weighted by Crippen LogP contribution is -2.26. The first-order chi connectivity index (χ1) is 17.0. The highest BCUT2D eigenvalue weighted by molar-refractivity contribution is 7.91. The number of benzene rings is 2. The number of aliphatic imine (C=N–C) groups is 1. The van der Waals surface area contributed by atoms with Crippen molar-refractivity contribution < 1.29 is 31.1 Å². The van der Waals surface area contributed by atoms with Crippen LogP contribution in [0.15, 0.2) is 64.5 Å². The van der Waals surface area contributed by atoms with Crippen LogP contribution in [-0.4, -0.2) is 64.7 Å². The van der Waals surface area contributed by atoms with E-state index in [1.807, 2.05) is 24.3 Å². The van der Waals surface area contributed by atoms with Crippen molar-refractivity contribution in [1.29, 1.82) is 0 Å². The van der Waals surface area contributed by atoms with Crippen molar-refractivity contribution in [2.75, 3.05) is 39.7 Å². The first-order valence-electron chi connectivity index (χ1n) is 11.0. The summed E-state index contributed by atoms with van der Waals surface area (Å²) < 4.78 is 69.8. The summed E-state index contributed by atoms with van der Waals surface area (Å²) in [6, 6.07) is 10.4. The number of rotatable bonds is 10. The zero-order valence-electron chi connectivity index (χ0n) is 19.8. The number of methoxy groups -OCH3 is 1. The Hall–Kier alpha value is -3.38. The molecule has 0 saturated carbocycles. The molecule has 0 aromatic heterocycles. The second-order valence-electron chi connectivity index (χ2n) is 8.02. The predicted molar refractivity (Wildman–Crippen MR) is 130 cm³/mol. The number of nitrogens with zero attached hydrogens (tertiary/aromatic N) is 2. The molecule has 0 bridgehead atoms. The van der Waals surface area contributed by atoms with Gasteiger partial charge in [-0.2, -0.15) is 13.2 Å². The zero-order valence-corrected chi connectivity index (χ0v) is 20.6. The van der Waals surface area contributed by atoms with Gasteiger partial charge in [0.1, 0.15) is 17.5 Å².